The number of benzene rings is 2. The summed E-state index contributed by atoms with van der Waals surface area (Å²) in [7, 11) is 1.62. The summed E-state index contributed by atoms with van der Waals surface area (Å²) in [5.41, 5.74) is 7.98. The molecule has 0 aromatic heterocycles. The highest BCUT2D eigenvalue weighted by Crippen LogP contribution is 2.42. The van der Waals surface area contributed by atoms with Crippen LogP contribution in [0, 0.1) is 5.82 Å². The summed E-state index contributed by atoms with van der Waals surface area (Å²) in [5, 5.41) is 0. The molecule has 0 aliphatic carbocycles. The number of hydrogen-bond acceptors (Lipinski definition) is 3. The summed E-state index contributed by atoms with van der Waals surface area (Å²) in [4.78, 5) is 0. The van der Waals surface area contributed by atoms with Crippen molar-refractivity contribution in [3.05, 3.63) is 57.8 Å². The predicted molar refractivity (Wildman–Crippen MR) is 82.0 cm³/mol. The number of fused-ring (bicyclic) bond motifs is 1. The first-order valence-corrected chi connectivity index (χ1v) is 7.43. The summed E-state index contributed by atoms with van der Waals surface area (Å²) >= 11 is 3.52. The zero-order chi connectivity index (χ0) is 15.0. The van der Waals surface area contributed by atoms with Crippen LogP contribution in [0.1, 0.15) is 29.7 Å². The maximum atomic E-state index is 13.4. The molecule has 21 heavy (non-hydrogen) atoms. The van der Waals surface area contributed by atoms with Crippen molar-refractivity contribution in [1.82, 2.24) is 0 Å². The molecule has 0 bridgehead atoms. The number of halogens is 2. The van der Waals surface area contributed by atoms with Crippen LogP contribution in [0.3, 0.4) is 0 Å². The molecule has 2 atom stereocenters. The summed E-state index contributed by atoms with van der Waals surface area (Å²) in [6.45, 7) is 0. The Balaban J connectivity index is 1.99. The normalized spacial score (nSPS) is 20.6. The Labute approximate surface area is 131 Å². The van der Waals surface area contributed by atoms with Gasteiger partial charge in [0.1, 0.15) is 23.4 Å². The average Bonchev–Trinajstić information content (AvgIpc) is 2.47. The fourth-order valence-electron chi connectivity index (χ4n) is 2.56. The summed E-state index contributed by atoms with van der Waals surface area (Å²) in [6, 6.07) is 9.98. The third-order valence-electron chi connectivity index (χ3n) is 3.66. The summed E-state index contributed by atoms with van der Waals surface area (Å²) < 4.78 is 25.5. The van der Waals surface area contributed by atoms with E-state index in [-0.39, 0.29) is 18.0 Å². The Morgan fingerprint density at radius 3 is 2.81 bits per heavy atom. The van der Waals surface area contributed by atoms with Gasteiger partial charge in [0.05, 0.1) is 7.11 Å². The van der Waals surface area contributed by atoms with Crippen LogP contribution in [-0.4, -0.2) is 7.11 Å². The van der Waals surface area contributed by atoms with Crippen molar-refractivity contribution in [2.75, 3.05) is 7.11 Å². The smallest absolute Gasteiger partial charge is 0.127 e. The van der Waals surface area contributed by atoms with Crippen LogP contribution >= 0.6 is 15.9 Å². The quantitative estimate of drug-likeness (QED) is 0.884. The monoisotopic (exact) mass is 351 g/mol. The Kier molecular flexibility index (Phi) is 3.87. The Hall–Kier alpha value is -1.59. The molecule has 5 heteroatoms. The highest BCUT2D eigenvalue weighted by Gasteiger charge is 2.28. The highest BCUT2D eigenvalue weighted by molar-refractivity contribution is 9.10. The second-order valence-corrected chi connectivity index (χ2v) is 5.87. The van der Waals surface area contributed by atoms with E-state index in [1.165, 1.54) is 12.1 Å². The van der Waals surface area contributed by atoms with Crippen LogP contribution in [0.15, 0.2) is 40.9 Å². The van der Waals surface area contributed by atoms with Gasteiger partial charge in [0.15, 0.2) is 0 Å². The van der Waals surface area contributed by atoms with Gasteiger partial charge in [0.2, 0.25) is 0 Å². The van der Waals surface area contributed by atoms with Gasteiger partial charge in [0, 0.05) is 34.1 Å². The van der Waals surface area contributed by atoms with Gasteiger partial charge in [-0.1, -0.05) is 22.0 Å². The van der Waals surface area contributed by atoms with Crippen LogP contribution in [0.4, 0.5) is 4.39 Å². The maximum Gasteiger partial charge on any atom is 0.127 e. The standard InChI is InChI=1S/C16H15BrFNO2/c1-20-10-3-5-13(17)12(7-10)16-8-14(19)11-4-2-9(18)6-15(11)21-16/h2-7,14,16H,8,19H2,1H3/t14-,16?/m1/s1. The Morgan fingerprint density at radius 2 is 2.05 bits per heavy atom. The van der Waals surface area contributed by atoms with Crippen molar-refractivity contribution in [1.29, 1.82) is 0 Å². The molecule has 1 unspecified atom stereocenters. The van der Waals surface area contributed by atoms with E-state index in [4.69, 9.17) is 15.2 Å². The lowest BCUT2D eigenvalue weighted by Crippen LogP contribution is -2.24. The summed E-state index contributed by atoms with van der Waals surface area (Å²) in [5.74, 6) is 0.926. The average molecular weight is 352 g/mol. The van der Waals surface area contributed by atoms with Crippen molar-refractivity contribution in [2.24, 2.45) is 5.73 Å². The van der Waals surface area contributed by atoms with Gasteiger partial charge in [-0.3, -0.25) is 0 Å². The first-order chi connectivity index (χ1) is 10.1. The lowest BCUT2D eigenvalue weighted by atomic mass is 9.93. The lowest BCUT2D eigenvalue weighted by molar-refractivity contribution is 0.159. The number of methoxy groups -OCH3 is 1. The number of ether oxygens (including phenoxy) is 2. The molecule has 1 heterocycles. The molecule has 1 aliphatic heterocycles. The SMILES string of the molecule is COc1ccc(Br)c(C2C[C@@H](N)c3ccc(F)cc3O2)c1. The minimum atomic E-state index is -0.327. The topological polar surface area (TPSA) is 44.5 Å². The predicted octanol–water partition coefficient (Wildman–Crippen LogP) is 4.12. The molecule has 3 rings (SSSR count). The molecule has 0 saturated heterocycles. The Morgan fingerprint density at radius 1 is 1.24 bits per heavy atom. The van der Waals surface area contributed by atoms with Crippen molar-refractivity contribution >= 4 is 15.9 Å². The molecule has 2 aromatic rings. The largest absolute Gasteiger partial charge is 0.497 e. The van der Waals surface area contributed by atoms with Crippen molar-refractivity contribution < 1.29 is 13.9 Å². The third-order valence-corrected chi connectivity index (χ3v) is 4.38. The van der Waals surface area contributed by atoms with E-state index < -0.39 is 0 Å². The minimum Gasteiger partial charge on any atom is -0.497 e. The molecule has 1 aliphatic rings. The molecule has 3 nitrogen and oxygen atoms in total. The van der Waals surface area contributed by atoms with Gasteiger partial charge in [0.25, 0.3) is 0 Å². The van der Waals surface area contributed by atoms with Crippen LogP contribution in [0.25, 0.3) is 0 Å². The first-order valence-electron chi connectivity index (χ1n) is 6.63. The van der Waals surface area contributed by atoms with E-state index in [1.807, 2.05) is 18.2 Å². The molecule has 0 amide bonds. The second kappa shape index (κ2) is 5.66. The van der Waals surface area contributed by atoms with Crippen LogP contribution in [0.2, 0.25) is 0 Å². The molecule has 0 fully saturated rings. The maximum absolute atomic E-state index is 13.4. The highest BCUT2D eigenvalue weighted by atomic mass is 79.9. The first kappa shape index (κ1) is 14.4. The molecule has 0 radical (unpaired) electrons. The van der Waals surface area contributed by atoms with E-state index >= 15 is 0 Å². The van der Waals surface area contributed by atoms with Crippen LogP contribution < -0.4 is 15.2 Å². The van der Waals surface area contributed by atoms with Gasteiger partial charge < -0.3 is 15.2 Å². The van der Waals surface area contributed by atoms with E-state index in [0.717, 1.165) is 21.3 Å². The van der Waals surface area contributed by atoms with E-state index in [2.05, 4.69) is 15.9 Å². The zero-order valence-corrected chi connectivity index (χ0v) is 13.1. The lowest BCUT2D eigenvalue weighted by Gasteiger charge is -2.31. The van der Waals surface area contributed by atoms with E-state index in [0.29, 0.717) is 12.2 Å². The molecular formula is C16H15BrFNO2. The number of hydrogen-bond donors (Lipinski definition) is 1. The van der Waals surface area contributed by atoms with Gasteiger partial charge in [-0.15, -0.1) is 0 Å². The van der Waals surface area contributed by atoms with E-state index in [1.54, 1.807) is 13.2 Å². The van der Waals surface area contributed by atoms with Crippen LogP contribution in [0.5, 0.6) is 11.5 Å². The van der Waals surface area contributed by atoms with Gasteiger partial charge >= 0.3 is 0 Å². The fraction of sp³-hybridized carbons (Fsp3) is 0.250. The van der Waals surface area contributed by atoms with Gasteiger partial charge in [-0.2, -0.15) is 0 Å². The second-order valence-electron chi connectivity index (χ2n) is 5.02. The van der Waals surface area contributed by atoms with E-state index in [9.17, 15) is 4.39 Å². The molecule has 0 saturated carbocycles. The molecule has 0 spiro atoms. The molecule has 110 valence electrons. The number of nitrogens with two attached hydrogens (primary N) is 1. The summed E-state index contributed by atoms with van der Waals surface area (Å²) in [6.07, 6.45) is 0.392. The zero-order valence-electron chi connectivity index (χ0n) is 11.5. The van der Waals surface area contributed by atoms with Gasteiger partial charge in [-0.05, 0) is 24.3 Å². The number of rotatable bonds is 2. The Bertz CT molecular complexity index is 677. The van der Waals surface area contributed by atoms with Crippen molar-refractivity contribution in [3.63, 3.8) is 0 Å². The fourth-order valence-corrected chi connectivity index (χ4v) is 3.06. The minimum absolute atomic E-state index is 0.183. The third kappa shape index (κ3) is 2.76. The molecule has 2 N–H and O–H groups in total. The molecule has 2 aromatic carbocycles. The van der Waals surface area contributed by atoms with Crippen LogP contribution in [-0.2, 0) is 0 Å². The van der Waals surface area contributed by atoms with Crippen molar-refractivity contribution in [3.8, 4) is 11.5 Å². The van der Waals surface area contributed by atoms with Gasteiger partial charge in [-0.25, -0.2) is 4.39 Å². The van der Waals surface area contributed by atoms with Crippen molar-refractivity contribution in [2.45, 2.75) is 18.6 Å². The molecular weight excluding hydrogens is 337 g/mol.